The molecule has 0 saturated carbocycles. The Morgan fingerprint density at radius 2 is 1.87 bits per heavy atom. The molecule has 1 amide bonds. The van der Waals surface area contributed by atoms with E-state index in [2.05, 4.69) is 15.9 Å². The third-order valence-electron chi connectivity index (χ3n) is 3.26. The van der Waals surface area contributed by atoms with E-state index in [-0.39, 0.29) is 11.7 Å². The third-order valence-corrected chi connectivity index (χ3v) is 3.79. The van der Waals surface area contributed by atoms with E-state index in [9.17, 15) is 9.18 Å². The quantitative estimate of drug-likeness (QED) is 0.443. The molecule has 0 fully saturated rings. The van der Waals surface area contributed by atoms with Crippen molar-refractivity contribution in [2.24, 2.45) is 0 Å². The molecule has 0 aliphatic rings. The van der Waals surface area contributed by atoms with Crippen molar-refractivity contribution in [3.63, 3.8) is 0 Å². The number of aryl methyl sites for hydroxylation is 2. The molecule has 0 aliphatic carbocycles. The molecule has 23 heavy (non-hydrogen) atoms. The van der Waals surface area contributed by atoms with Crippen molar-refractivity contribution in [1.29, 1.82) is 0 Å². The first kappa shape index (κ1) is 19.3. The summed E-state index contributed by atoms with van der Waals surface area (Å²) in [5.41, 5.74) is 3.63. The van der Waals surface area contributed by atoms with E-state index < -0.39 is 0 Å². The molecule has 2 rings (SSSR count). The molecule has 0 heterocycles. The van der Waals surface area contributed by atoms with E-state index in [1.807, 2.05) is 37.3 Å². The number of carbonyl (C=O) groups excluding carboxylic acids is 1. The van der Waals surface area contributed by atoms with Crippen molar-refractivity contribution in [2.75, 3.05) is 0 Å². The topological polar surface area (TPSA) is 49.3 Å². The van der Waals surface area contributed by atoms with E-state index in [1.165, 1.54) is 12.1 Å². The molecule has 0 aliphatic heterocycles. The maximum absolute atomic E-state index is 12.8. The Morgan fingerprint density at radius 1 is 1.17 bits per heavy atom. The summed E-state index contributed by atoms with van der Waals surface area (Å²) in [5.74, 6) is -0.586. The van der Waals surface area contributed by atoms with Gasteiger partial charge in [0.05, 0.1) is 0 Å². The number of unbranched alkanes of at least 4 members (excludes halogenated alkanes) is 1. The number of hydrogen-bond donors (Lipinski definition) is 2. The summed E-state index contributed by atoms with van der Waals surface area (Å²) < 4.78 is 13.9. The van der Waals surface area contributed by atoms with Gasteiger partial charge in [-0.25, -0.2) is 9.87 Å². The SMILES string of the molecule is Brc1ccccc1.Cc1cc(F)ccc1CCCCC(=O)NO. The van der Waals surface area contributed by atoms with E-state index in [0.29, 0.717) is 12.8 Å². The number of carbonyl (C=O) groups is 1. The highest BCUT2D eigenvalue weighted by atomic mass is 79.9. The van der Waals surface area contributed by atoms with Gasteiger partial charge in [0.15, 0.2) is 0 Å². The second-order valence-corrected chi connectivity index (χ2v) is 6.02. The molecule has 0 unspecified atom stereocenters. The number of nitrogens with one attached hydrogen (secondary N) is 1. The third kappa shape index (κ3) is 8.47. The van der Waals surface area contributed by atoms with Crippen LogP contribution in [-0.4, -0.2) is 11.1 Å². The molecule has 0 saturated heterocycles. The molecule has 124 valence electrons. The predicted octanol–water partition coefficient (Wildman–Crippen LogP) is 4.80. The number of hydroxylamine groups is 1. The zero-order valence-corrected chi connectivity index (χ0v) is 14.6. The second-order valence-electron chi connectivity index (χ2n) is 5.11. The number of hydrogen-bond acceptors (Lipinski definition) is 2. The van der Waals surface area contributed by atoms with Crippen LogP contribution in [0.25, 0.3) is 0 Å². The molecule has 2 aromatic carbocycles. The van der Waals surface area contributed by atoms with Crippen LogP contribution < -0.4 is 5.48 Å². The first-order chi connectivity index (χ1) is 11.0. The fraction of sp³-hybridized carbons (Fsp3) is 0.278. The Balaban J connectivity index is 0.000000313. The van der Waals surface area contributed by atoms with E-state index in [4.69, 9.17) is 5.21 Å². The summed E-state index contributed by atoms with van der Waals surface area (Å²) in [6.07, 6.45) is 2.70. The summed E-state index contributed by atoms with van der Waals surface area (Å²) in [5, 5.41) is 8.28. The van der Waals surface area contributed by atoms with Crippen molar-refractivity contribution in [1.82, 2.24) is 5.48 Å². The zero-order chi connectivity index (χ0) is 17.1. The highest BCUT2D eigenvalue weighted by molar-refractivity contribution is 9.10. The van der Waals surface area contributed by atoms with Crippen LogP contribution in [0.3, 0.4) is 0 Å². The molecule has 2 N–H and O–H groups in total. The molecule has 5 heteroatoms. The van der Waals surface area contributed by atoms with Crippen LogP contribution in [0.4, 0.5) is 4.39 Å². The number of amides is 1. The largest absolute Gasteiger partial charge is 0.289 e. The maximum atomic E-state index is 12.8. The Bertz CT molecular complexity index is 605. The fourth-order valence-corrected chi connectivity index (χ4v) is 2.32. The number of rotatable bonds is 5. The van der Waals surface area contributed by atoms with Gasteiger partial charge in [-0.2, -0.15) is 0 Å². The zero-order valence-electron chi connectivity index (χ0n) is 13.1. The summed E-state index contributed by atoms with van der Waals surface area (Å²) in [4.78, 5) is 10.7. The van der Waals surface area contributed by atoms with Crippen LogP contribution in [-0.2, 0) is 11.2 Å². The van der Waals surface area contributed by atoms with Gasteiger partial charge in [-0.15, -0.1) is 0 Å². The summed E-state index contributed by atoms with van der Waals surface area (Å²) >= 11 is 3.31. The van der Waals surface area contributed by atoms with Crippen LogP contribution in [0.2, 0.25) is 0 Å². The molecule has 0 radical (unpaired) electrons. The van der Waals surface area contributed by atoms with E-state index in [1.54, 1.807) is 11.5 Å². The predicted molar refractivity (Wildman–Crippen MR) is 92.8 cm³/mol. The number of benzene rings is 2. The van der Waals surface area contributed by atoms with E-state index >= 15 is 0 Å². The molecule has 0 bridgehead atoms. The first-order valence-electron chi connectivity index (χ1n) is 7.41. The minimum absolute atomic E-state index is 0.221. The van der Waals surface area contributed by atoms with Gasteiger partial charge in [0, 0.05) is 10.9 Å². The molecule has 2 aromatic rings. The summed E-state index contributed by atoms with van der Waals surface area (Å²) in [7, 11) is 0. The first-order valence-corrected chi connectivity index (χ1v) is 8.20. The second kappa shape index (κ2) is 10.9. The minimum atomic E-state index is -0.365. The molecule has 0 atom stereocenters. The van der Waals surface area contributed by atoms with Gasteiger partial charge in [-0.3, -0.25) is 10.0 Å². The standard InChI is InChI=1S/C12H16FNO2.C6H5Br/c1-9-8-11(13)7-6-10(9)4-2-3-5-12(15)14-16;7-6-4-2-1-3-5-6/h6-8,16H,2-5H2,1H3,(H,14,15);1-5H. The summed E-state index contributed by atoms with van der Waals surface area (Å²) in [6, 6.07) is 14.7. The molecular formula is C18H21BrFNO2. The van der Waals surface area contributed by atoms with Crippen LogP contribution in [0, 0.1) is 12.7 Å². The number of halogens is 2. The molecule has 0 spiro atoms. The lowest BCUT2D eigenvalue weighted by Crippen LogP contribution is -2.17. The van der Waals surface area contributed by atoms with Crippen LogP contribution in [0.1, 0.15) is 30.4 Å². The van der Waals surface area contributed by atoms with Gasteiger partial charge in [0.2, 0.25) is 5.91 Å². The van der Waals surface area contributed by atoms with Crippen molar-refractivity contribution in [2.45, 2.75) is 32.6 Å². The van der Waals surface area contributed by atoms with Gasteiger partial charge in [-0.1, -0.05) is 40.2 Å². The lowest BCUT2D eigenvalue weighted by atomic mass is 10.0. The highest BCUT2D eigenvalue weighted by Gasteiger charge is 2.02. The van der Waals surface area contributed by atoms with Gasteiger partial charge in [0.1, 0.15) is 5.82 Å². The average molecular weight is 382 g/mol. The maximum Gasteiger partial charge on any atom is 0.243 e. The normalized spacial score (nSPS) is 9.74. The van der Waals surface area contributed by atoms with Gasteiger partial charge >= 0.3 is 0 Å². The van der Waals surface area contributed by atoms with Crippen molar-refractivity contribution < 1.29 is 14.4 Å². The van der Waals surface area contributed by atoms with Crippen LogP contribution in [0.5, 0.6) is 0 Å². The summed E-state index contributed by atoms with van der Waals surface area (Å²) in [6.45, 7) is 1.87. The van der Waals surface area contributed by atoms with Crippen LogP contribution >= 0.6 is 15.9 Å². The molecule has 0 aromatic heterocycles. The lowest BCUT2D eigenvalue weighted by molar-refractivity contribution is -0.129. The average Bonchev–Trinajstić information content (AvgIpc) is 2.54. The highest BCUT2D eigenvalue weighted by Crippen LogP contribution is 2.13. The Morgan fingerprint density at radius 3 is 2.39 bits per heavy atom. The fourth-order valence-electron chi connectivity index (χ4n) is 2.01. The molecule has 3 nitrogen and oxygen atoms in total. The van der Waals surface area contributed by atoms with Gasteiger partial charge in [0.25, 0.3) is 0 Å². The van der Waals surface area contributed by atoms with Crippen molar-refractivity contribution in [3.05, 3.63) is 69.9 Å². The van der Waals surface area contributed by atoms with Crippen molar-refractivity contribution >= 4 is 21.8 Å². The minimum Gasteiger partial charge on any atom is -0.289 e. The Labute approximate surface area is 144 Å². The van der Waals surface area contributed by atoms with Crippen LogP contribution in [0.15, 0.2) is 53.0 Å². The van der Waals surface area contributed by atoms with Crippen molar-refractivity contribution in [3.8, 4) is 0 Å². The van der Waals surface area contributed by atoms with E-state index in [0.717, 1.165) is 28.4 Å². The monoisotopic (exact) mass is 381 g/mol. The lowest BCUT2D eigenvalue weighted by Gasteiger charge is -2.05. The smallest absolute Gasteiger partial charge is 0.243 e. The Hall–Kier alpha value is -1.72. The van der Waals surface area contributed by atoms with Gasteiger partial charge < -0.3 is 0 Å². The van der Waals surface area contributed by atoms with Gasteiger partial charge in [-0.05, 0) is 61.6 Å². The Kier molecular flexibility index (Phi) is 9.17. The molecular weight excluding hydrogens is 361 g/mol.